The molecule has 3 aromatic rings. The summed E-state index contributed by atoms with van der Waals surface area (Å²) in [5.41, 5.74) is 3.15. The average Bonchev–Trinajstić information content (AvgIpc) is 2.65. The second-order valence-corrected chi connectivity index (χ2v) is 5.52. The molecule has 0 spiro atoms. The summed E-state index contributed by atoms with van der Waals surface area (Å²) in [6, 6.07) is 16.0. The Morgan fingerprint density at radius 3 is 2.20 bits per heavy atom. The smallest absolute Gasteiger partial charge is 0.160 e. The van der Waals surface area contributed by atoms with E-state index in [0.717, 1.165) is 46.7 Å². The van der Waals surface area contributed by atoms with Crippen LogP contribution in [-0.2, 0) is 12.8 Å². The Morgan fingerprint density at radius 2 is 1.48 bits per heavy atom. The van der Waals surface area contributed by atoms with E-state index in [1.165, 1.54) is 5.56 Å². The molecule has 0 aliphatic heterocycles. The third-order valence-corrected chi connectivity index (χ3v) is 4.07. The molecule has 0 N–H and O–H groups in total. The van der Waals surface area contributed by atoms with Crippen LogP contribution >= 0.6 is 12.4 Å². The largest absolute Gasteiger partial charge is 0.496 e. The number of aryl methyl sites for hydroxylation is 2. The molecule has 1 heterocycles. The van der Waals surface area contributed by atoms with Gasteiger partial charge in [-0.15, -0.1) is 12.4 Å². The van der Waals surface area contributed by atoms with Gasteiger partial charge in [-0.2, -0.15) is 0 Å². The van der Waals surface area contributed by atoms with Crippen molar-refractivity contribution in [1.29, 1.82) is 0 Å². The molecule has 0 unspecified atom stereocenters. The van der Waals surface area contributed by atoms with Crippen LogP contribution in [0.2, 0.25) is 0 Å². The predicted molar refractivity (Wildman–Crippen MR) is 102 cm³/mol. The Kier molecular flexibility index (Phi) is 6.48. The van der Waals surface area contributed by atoms with Gasteiger partial charge in [0.25, 0.3) is 0 Å². The highest BCUT2D eigenvalue weighted by Gasteiger charge is 2.08. The van der Waals surface area contributed by atoms with Gasteiger partial charge in [0, 0.05) is 17.1 Å². The lowest BCUT2D eigenvalue weighted by atomic mass is 10.1. The Labute approximate surface area is 154 Å². The number of fused-ring (bicyclic) bond motifs is 1. The standard InChI is InChI=1S/C20H21NO3.ClH/c1-22-18-11-9-14(12-20(18)24-3)8-10-15-13-19(23-2)16-6-4-5-7-17(16)21-15;/h4-7,9,11-13H,8,10H2,1-3H3;1H. The van der Waals surface area contributed by atoms with Crippen molar-refractivity contribution >= 4 is 23.3 Å². The monoisotopic (exact) mass is 359 g/mol. The molecule has 0 amide bonds. The van der Waals surface area contributed by atoms with Crippen LogP contribution in [0.5, 0.6) is 17.2 Å². The fourth-order valence-corrected chi connectivity index (χ4v) is 2.80. The molecular formula is C20H22ClNO3. The fourth-order valence-electron chi connectivity index (χ4n) is 2.80. The highest BCUT2D eigenvalue weighted by Crippen LogP contribution is 2.29. The molecule has 0 saturated carbocycles. The van der Waals surface area contributed by atoms with Crippen LogP contribution in [0.4, 0.5) is 0 Å². The van der Waals surface area contributed by atoms with Crippen molar-refractivity contribution in [2.45, 2.75) is 12.8 Å². The lowest BCUT2D eigenvalue weighted by Gasteiger charge is -2.11. The van der Waals surface area contributed by atoms with Gasteiger partial charge >= 0.3 is 0 Å². The van der Waals surface area contributed by atoms with Gasteiger partial charge in [-0.25, -0.2) is 0 Å². The van der Waals surface area contributed by atoms with Crippen LogP contribution < -0.4 is 14.2 Å². The van der Waals surface area contributed by atoms with Crippen LogP contribution in [0.25, 0.3) is 10.9 Å². The molecule has 0 aliphatic carbocycles. The molecule has 3 rings (SSSR count). The first-order valence-electron chi connectivity index (χ1n) is 7.88. The Bertz CT molecular complexity index is 851. The summed E-state index contributed by atoms with van der Waals surface area (Å²) < 4.78 is 16.2. The quantitative estimate of drug-likeness (QED) is 0.651. The van der Waals surface area contributed by atoms with E-state index in [4.69, 9.17) is 19.2 Å². The third kappa shape index (κ3) is 4.15. The van der Waals surface area contributed by atoms with Crippen molar-refractivity contribution < 1.29 is 14.2 Å². The molecule has 0 aliphatic rings. The zero-order valence-electron chi connectivity index (χ0n) is 14.6. The zero-order chi connectivity index (χ0) is 16.9. The summed E-state index contributed by atoms with van der Waals surface area (Å²) >= 11 is 0. The van der Waals surface area contributed by atoms with E-state index in [9.17, 15) is 0 Å². The van der Waals surface area contributed by atoms with Gasteiger partial charge in [0.2, 0.25) is 0 Å². The van der Waals surface area contributed by atoms with E-state index in [-0.39, 0.29) is 12.4 Å². The first-order chi connectivity index (χ1) is 11.7. The summed E-state index contributed by atoms with van der Waals surface area (Å²) in [4.78, 5) is 4.74. The van der Waals surface area contributed by atoms with Crippen molar-refractivity contribution in [2.24, 2.45) is 0 Å². The normalized spacial score (nSPS) is 10.2. The number of ether oxygens (including phenoxy) is 3. The van der Waals surface area contributed by atoms with Crippen LogP contribution in [-0.4, -0.2) is 26.3 Å². The molecule has 0 atom stereocenters. The van der Waals surface area contributed by atoms with Gasteiger partial charge in [-0.3, -0.25) is 4.98 Å². The topological polar surface area (TPSA) is 40.6 Å². The average molecular weight is 360 g/mol. The van der Waals surface area contributed by atoms with Gasteiger partial charge in [-0.05, 0) is 42.7 Å². The number of nitrogens with zero attached hydrogens (tertiary/aromatic N) is 1. The molecule has 132 valence electrons. The van der Waals surface area contributed by atoms with Crippen LogP contribution in [0, 0.1) is 0 Å². The minimum Gasteiger partial charge on any atom is -0.496 e. The first kappa shape index (κ1) is 18.9. The van der Waals surface area contributed by atoms with Crippen molar-refractivity contribution in [2.75, 3.05) is 21.3 Å². The number of benzene rings is 2. The highest BCUT2D eigenvalue weighted by molar-refractivity contribution is 5.85. The van der Waals surface area contributed by atoms with Crippen LogP contribution in [0.15, 0.2) is 48.5 Å². The molecule has 1 aromatic heterocycles. The Morgan fingerprint density at radius 1 is 0.760 bits per heavy atom. The van der Waals surface area contributed by atoms with E-state index < -0.39 is 0 Å². The second kappa shape index (κ2) is 8.58. The maximum absolute atomic E-state index is 5.51. The second-order valence-electron chi connectivity index (χ2n) is 5.52. The summed E-state index contributed by atoms with van der Waals surface area (Å²) in [6.45, 7) is 0. The van der Waals surface area contributed by atoms with Crippen molar-refractivity contribution in [3.8, 4) is 17.2 Å². The predicted octanol–water partition coefficient (Wildman–Crippen LogP) is 4.47. The van der Waals surface area contributed by atoms with Crippen molar-refractivity contribution in [3.63, 3.8) is 0 Å². The Balaban J connectivity index is 0.00000225. The van der Waals surface area contributed by atoms with Crippen LogP contribution in [0.3, 0.4) is 0 Å². The number of methoxy groups -OCH3 is 3. The van der Waals surface area contributed by atoms with Crippen LogP contribution in [0.1, 0.15) is 11.3 Å². The van der Waals surface area contributed by atoms with E-state index in [1.54, 1.807) is 21.3 Å². The number of hydrogen-bond acceptors (Lipinski definition) is 4. The molecule has 25 heavy (non-hydrogen) atoms. The number of aromatic nitrogens is 1. The first-order valence-corrected chi connectivity index (χ1v) is 7.88. The van der Waals surface area contributed by atoms with Gasteiger partial charge in [0.15, 0.2) is 11.5 Å². The molecule has 4 nitrogen and oxygen atoms in total. The molecular weight excluding hydrogens is 338 g/mol. The van der Waals surface area contributed by atoms with E-state index in [0.29, 0.717) is 0 Å². The van der Waals surface area contributed by atoms with Crippen molar-refractivity contribution in [1.82, 2.24) is 4.98 Å². The summed E-state index contributed by atoms with van der Waals surface area (Å²) in [5, 5.41) is 1.04. The molecule has 0 saturated heterocycles. The number of pyridine rings is 1. The van der Waals surface area contributed by atoms with Gasteiger partial charge < -0.3 is 14.2 Å². The maximum atomic E-state index is 5.51. The minimum absolute atomic E-state index is 0. The minimum atomic E-state index is 0. The summed E-state index contributed by atoms with van der Waals surface area (Å²) in [7, 11) is 4.99. The van der Waals surface area contributed by atoms with Gasteiger partial charge in [0.1, 0.15) is 5.75 Å². The lowest BCUT2D eigenvalue weighted by molar-refractivity contribution is 0.354. The van der Waals surface area contributed by atoms with E-state index >= 15 is 0 Å². The maximum Gasteiger partial charge on any atom is 0.160 e. The van der Waals surface area contributed by atoms with Gasteiger partial charge in [-0.1, -0.05) is 18.2 Å². The molecule has 0 bridgehead atoms. The number of halogens is 1. The molecule has 2 aromatic carbocycles. The fraction of sp³-hybridized carbons (Fsp3) is 0.250. The molecule has 5 heteroatoms. The lowest BCUT2D eigenvalue weighted by Crippen LogP contribution is -1.98. The number of hydrogen-bond donors (Lipinski definition) is 0. The van der Waals surface area contributed by atoms with Gasteiger partial charge in [0.05, 0.1) is 26.8 Å². The van der Waals surface area contributed by atoms with Crippen molar-refractivity contribution in [3.05, 3.63) is 59.8 Å². The number of rotatable bonds is 6. The Hall–Kier alpha value is -2.46. The summed E-state index contributed by atoms with van der Waals surface area (Å²) in [5.74, 6) is 2.36. The summed E-state index contributed by atoms with van der Waals surface area (Å²) in [6.07, 6.45) is 1.70. The molecule has 0 fully saturated rings. The van der Waals surface area contributed by atoms with E-state index in [2.05, 4.69) is 6.07 Å². The molecule has 0 radical (unpaired) electrons. The van der Waals surface area contributed by atoms with E-state index in [1.807, 2.05) is 42.5 Å². The third-order valence-electron chi connectivity index (χ3n) is 4.07. The SMILES string of the molecule is COc1ccc(CCc2cc(OC)c3ccccc3n2)cc1OC.Cl. The number of para-hydroxylation sites is 1. The zero-order valence-corrected chi connectivity index (χ0v) is 15.4. The highest BCUT2D eigenvalue weighted by atomic mass is 35.5.